The molecule has 0 fully saturated rings. The van der Waals surface area contributed by atoms with Crippen molar-refractivity contribution in [2.75, 3.05) is 9.80 Å². The highest BCUT2D eigenvalue weighted by molar-refractivity contribution is 9.10. The van der Waals surface area contributed by atoms with Gasteiger partial charge in [-0.1, -0.05) is 157 Å². The van der Waals surface area contributed by atoms with Crippen molar-refractivity contribution < 1.29 is 0 Å². The van der Waals surface area contributed by atoms with Gasteiger partial charge in [0, 0.05) is 38.6 Å². The van der Waals surface area contributed by atoms with Gasteiger partial charge < -0.3 is 9.80 Å². The van der Waals surface area contributed by atoms with Gasteiger partial charge in [0.15, 0.2) is 0 Å². The van der Waals surface area contributed by atoms with Crippen LogP contribution in [0.15, 0.2) is 210 Å². The Kier molecular flexibility index (Phi) is 9.75. The van der Waals surface area contributed by atoms with Crippen LogP contribution in [0, 0.1) is 0 Å². The molecule has 7 aromatic rings. The van der Waals surface area contributed by atoms with Gasteiger partial charge in [-0.05, 0) is 117 Å². The average molecular weight is 748 g/mol. The molecule has 0 spiro atoms. The Morgan fingerprint density at radius 2 is 1.15 bits per heavy atom. The molecule has 7 aromatic carbocycles. The zero-order chi connectivity index (χ0) is 36.1. The molecule has 0 unspecified atom stereocenters. The molecule has 0 heterocycles. The Morgan fingerprint density at radius 3 is 1.83 bits per heavy atom. The quantitative estimate of drug-likeness (QED) is 0.145. The maximum absolute atomic E-state index is 4.28. The smallest absolute Gasteiger partial charge is 0.0493 e. The molecule has 0 amide bonds. The van der Waals surface area contributed by atoms with Crippen LogP contribution >= 0.6 is 15.9 Å². The van der Waals surface area contributed by atoms with E-state index in [0.717, 1.165) is 61.8 Å². The van der Waals surface area contributed by atoms with Crippen LogP contribution in [0.25, 0.3) is 34.1 Å². The summed E-state index contributed by atoms with van der Waals surface area (Å²) >= 11 is 3.92. The van der Waals surface area contributed by atoms with Gasteiger partial charge in [-0.3, -0.25) is 0 Å². The molecule has 0 aromatic heterocycles. The van der Waals surface area contributed by atoms with Gasteiger partial charge in [-0.2, -0.15) is 0 Å². The molecular formula is C50H39BrN2. The van der Waals surface area contributed by atoms with Crippen LogP contribution in [0.4, 0.5) is 28.4 Å². The predicted octanol–water partition coefficient (Wildman–Crippen LogP) is 12.9. The fourth-order valence-corrected chi connectivity index (χ4v) is 7.87. The molecule has 2 nitrogen and oxygen atoms in total. The van der Waals surface area contributed by atoms with Crippen molar-refractivity contribution >= 4 is 67.3 Å². The highest BCUT2D eigenvalue weighted by Gasteiger charge is 2.21. The Hall–Kier alpha value is -6.16. The maximum Gasteiger partial charge on any atom is 0.0493 e. The minimum Gasteiger partial charge on any atom is -0.314 e. The van der Waals surface area contributed by atoms with E-state index in [-0.39, 0.29) is 0 Å². The van der Waals surface area contributed by atoms with E-state index in [1.165, 1.54) is 33.2 Å². The first-order valence-corrected chi connectivity index (χ1v) is 18.8. The first-order valence-electron chi connectivity index (χ1n) is 18.0. The molecule has 256 valence electrons. The SMILES string of the molecule is C=C/C(C1=CC=C(N(c2ccccc2)c2cc(Br)cc(N(c3ccccc3)c3ccc(-c4cccc5ccccc45)cc3)c2)CC1)=c1/ccccc1=C. The van der Waals surface area contributed by atoms with Crippen molar-refractivity contribution in [3.05, 3.63) is 221 Å². The number of benzene rings is 7. The summed E-state index contributed by atoms with van der Waals surface area (Å²) in [6, 6.07) is 60.3. The molecule has 8 rings (SSSR count). The Bertz CT molecular complexity index is 2600. The summed E-state index contributed by atoms with van der Waals surface area (Å²) in [5, 5.41) is 4.64. The minimum absolute atomic E-state index is 0.872. The number of halogens is 1. The second kappa shape index (κ2) is 15.2. The van der Waals surface area contributed by atoms with Crippen LogP contribution in [-0.2, 0) is 0 Å². The van der Waals surface area contributed by atoms with Crippen molar-refractivity contribution in [3.8, 4) is 11.1 Å². The molecule has 0 radical (unpaired) electrons. The van der Waals surface area contributed by atoms with Crippen molar-refractivity contribution in [1.82, 2.24) is 0 Å². The summed E-state index contributed by atoms with van der Waals surface area (Å²) in [6.45, 7) is 8.46. The third-order valence-corrected chi connectivity index (χ3v) is 10.4. The van der Waals surface area contributed by atoms with Gasteiger partial charge in [0.1, 0.15) is 0 Å². The first kappa shape index (κ1) is 34.0. The van der Waals surface area contributed by atoms with Gasteiger partial charge in [0.25, 0.3) is 0 Å². The lowest BCUT2D eigenvalue weighted by atomic mass is 9.93. The largest absolute Gasteiger partial charge is 0.314 e. The monoisotopic (exact) mass is 746 g/mol. The number of hydrogen-bond acceptors (Lipinski definition) is 2. The number of hydrogen-bond donors (Lipinski definition) is 0. The molecule has 0 saturated heterocycles. The van der Waals surface area contributed by atoms with Crippen LogP contribution in [0.3, 0.4) is 0 Å². The van der Waals surface area contributed by atoms with Crippen molar-refractivity contribution in [3.63, 3.8) is 0 Å². The third kappa shape index (κ3) is 7.04. The van der Waals surface area contributed by atoms with Gasteiger partial charge in [-0.25, -0.2) is 0 Å². The van der Waals surface area contributed by atoms with E-state index in [2.05, 4.69) is 215 Å². The third-order valence-electron chi connectivity index (χ3n) is 9.91. The lowest BCUT2D eigenvalue weighted by molar-refractivity contribution is 0.894. The van der Waals surface area contributed by atoms with Crippen molar-refractivity contribution in [1.29, 1.82) is 0 Å². The van der Waals surface area contributed by atoms with E-state index in [0.29, 0.717) is 0 Å². The molecule has 0 N–H and O–H groups in total. The molecule has 0 atom stereocenters. The van der Waals surface area contributed by atoms with Crippen LogP contribution in [0.1, 0.15) is 12.8 Å². The summed E-state index contributed by atoms with van der Waals surface area (Å²) < 4.78 is 1.00. The van der Waals surface area contributed by atoms with Crippen LogP contribution in [0.2, 0.25) is 0 Å². The Balaban J connectivity index is 1.22. The van der Waals surface area contributed by atoms with Crippen molar-refractivity contribution in [2.45, 2.75) is 12.8 Å². The Labute approximate surface area is 320 Å². The lowest BCUT2D eigenvalue weighted by Gasteiger charge is -2.32. The van der Waals surface area contributed by atoms with E-state index >= 15 is 0 Å². The summed E-state index contributed by atoms with van der Waals surface area (Å²) in [6.07, 6.45) is 8.26. The number of rotatable bonds is 9. The molecule has 0 bridgehead atoms. The van der Waals surface area contributed by atoms with Gasteiger partial charge in [0.05, 0.1) is 0 Å². The van der Waals surface area contributed by atoms with E-state index < -0.39 is 0 Å². The minimum atomic E-state index is 0.872. The topological polar surface area (TPSA) is 6.48 Å². The summed E-state index contributed by atoms with van der Waals surface area (Å²) in [7, 11) is 0. The van der Waals surface area contributed by atoms with Crippen molar-refractivity contribution in [2.24, 2.45) is 0 Å². The number of fused-ring (bicyclic) bond motifs is 1. The molecule has 0 aliphatic heterocycles. The second-order valence-electron chi connectivity index (χ2n) is 13.2. The molecular weight excluding hydrogens is 708 g/mol. The van der Waals surface area contributed by atoms with Crippen LogP contribution in [0.5, 0.6) is 0 Å². The standard InChI is InChI=1S/C50H39BrN2/c1-3-47(48-22-12-10-15-36(48)2)38-25-29-43(30-26-38)52(41-18-6-4-7-19-41)45-33-40(51)34-46(35-45)53(42-20-8-5-9-21-42)44-31-27-39(28-32-44)50-24-14-17-37-16-11-13-23-49(37)50/h3-25,27-29,31-35H,1-2,26,30H2/b48-47+. The molecule has 3 heteroatoms. The number of nitrogens with zero attached hydrogens (tertiary/aromatic N) is 2. The van der Waals surface area contributed by atoms with Crippen LogP contribution < -0.4 is 20.2 Å². The lowest BCUT2D eigenvalue weighted by Crippen LogP contribution is -2.25. The summed E-state index contributed by atoms with van der Waals surface area (Å²) in [5.41, 5.74) is 11.5. The number of para-hydroxylation sites is 2. The Morgan fingerprint density at radius 1 is 0.547 bits per heavy atom. The van der Waals surface area contributed by atoms with E-state index in [1.807, 2.05) is 12.1 Å². The normalized spacial score (nSPS) is 13.2. The molecule has 1 aliphatic carbocycles. The summed E-state index contributed by atoms with van der Waals surface area (Å²) in [5.74, 6) is 0. The summed E-state index contributed by atoms with van der Waals surface area (Å²) in [4.78, 5) is 4.72. The first-order chi connectivity index (χ1) is 26.1. The molecule has 53 heavy (non-hydrogen) atoms. The number of anilines is 5. The maximum atomic E-state index is 4.28. The second-order valence-corrected chi connectivity index (χ2v) is 14.1. The van der Waals surface area contributed by atoms with E-state index in [4.69, 9.17) is 0 Å². The van der Waals surface area contributed by atoms with E-state index in [1.54, 1.807) is 0 Å². The number of allylic oxidation sites excluding steroid dienone is 5. The molecule has 0 saturated carbocycles. The van der Waals surface area contributed by atoms with Gasteiger partial charge >= 0.3 is 0 Å². The fraction of sp³-hybridized carbons (Fsp3) is 0.0400. The fourth-order valence-electron chi connectivity index (χ4n) is 7.40. The van der Waals surface area contributed by atoms with Gasteiger partial charge in [0.2, 0.25) is 0 Å². The zero-order valence-electron chi connectivity index (χ0n) is 29.5. The van der Waals surface area contributed by atoms with Crippen LogP contribution in [-0.4, -0.2) is 0 Å². The highest BCUT2D eigenvalue weighted by atomic mass is 79.9. The van der Waals surface area contributed by atoms with Gasteiger partial charge in [-0.15, -0.1) is 0 Å². The molecule has 1 aliphatic rings. The predicted molar refractivity (Wildman–Crippen MR) is 231 cm³/mol. The zero-order valence-corrected chi connectivity index (χ0v) is 31.1. The highest BCUT2D eigenvalue weighted by Crippen LogP contribution is 2.43. The van der Waals surface area contributed by atoms with E-state index in [9.17, 15) is 0 Å². The average Bonchev–Trinajstić information content (AvgIpc) is 3.20.